The summed E-state index contributed by atoms with van der Waals surface area (Å²) >= 11 is 28.4. The van der Waals surface area contributed by atoms with Gasteiger partial charge in [0.15, 0.2) is 0 Å². The van der Waals surface area contributed by atoms with Crippen LogP contribution in [0.2, 0.25) is 10.3 Å². The summed E-state index contributed by atoms with van der Waals surface area (Å²) in [5.41, 5.74) is 8.48. The molecule has 434 valence electrons. The molecule has 13 aromatic rings. The average Bonchev–Trinajstić information content (AvgIpc) is 1.58. The van der Waals surface area contributed by atoms with Crippen molar-refractivity contribution in [1.82, 2.24) is 15.0 Å². The molecule has 0 amide bonds. The highest BCUT2D eigenvalue weighted by atomic mass is 79.9. The molecule has 0 spiro atoms. The smallest absolute Gasteiger partial charge is 0.249 e. The predicted molar refractivity (Wildman–Crippen MR) is 376 cm³/mol. The van der Waals surface area contributed by atoms with Crippen molar-refractivity contribution < 1.29 is 13.2 Å². The van der Waals surface area contributed by atoms with Gasteiger partial charge in [0.1, 0.15) is 20.3 Å². The first kappa shape index (κ1) is 65.9. The molecule has 0 aliphatic heterocycles. The Hall–Kier alpha value is -7.06. The Balaban J connectivity index is 0.000000134. The molecular formula is C74H53Br5Cl2F3N3. The quantitative estimate of drug-likeness (QED) is 0.166. The second-order valence-corrected chi connectivity index (χ2v) is 24.4. The van der Waals surface area contributed by atoms with Gasteiger partial charge in [-0.2, -0.15) is 13.2 Å². The summed E-state index contributed by atoms with van der Waals surface area (Å²) in [5.74, 6) is 0. The van der Waals surface area contributed by atoms with Crippen LogP contribution in [0.1, 0.15) is 18.1 Å². The first-order valence-electron chi connectivity index (χ1n) is 27.0. The third-order valence-corrected chi connectivity index (χ3v) is 16.7. The van der Waals surface area contributed by atoms with Crippen molar-refractivity contribution in [2.24, 2.45) is 0 Å². The lowest BCUT2D eigenvalue weighted by Crippen LogP contribution is -2.38. The normalized spacial score (nSPS) is 12.4. The maximum atomic E-state index is 13.6. The molecule has 3 aromatic heterocycles. The largest absolute Gasteiger partial charge is 0.402 e. The standard InChI is InChI=1S/C15H10BrF3.3C12H9Br.2C9H6ClN.C5H4BrN/c1-14(15(17,18)19)12-5-3-2-4-10(12)11-7-6-9(16)8-13(11)14;13-12-9-5-4-8-11(12)10-6-2-1-3-7-10;13-12-8-4-7-11(9-12)10-5-2-1-3-6-10;13-12-8-6-11(7-9-12)10-4-2-1-3-5-10;10-9-8-4-2-1-3-7(8)5-6-11-9;10-9-6-5-7-3-1-2-4-8(7)11-9;6-5-3-1-2-4-7-5/h2-8H,1H3;3*1-9H;2*1-6H;1-4H. The third-order valence-electron chi connectivity index (χ3n) is 13.5. The summed E-state index contributed by atoms with van der Waals surface area (Å²) in [5, 5.41) is 4.38. The van der Waals surface area contributed by atoms with Crippen LogP contribution in [0.5, 0.6) is 0 Å². The molecule has 3 nitrogen and oxygen atoms in total. The van der Waals surface area contributed by atoms with Crippen LogP contribution in [0, 0.1) is 0 Å². The molecule has 0 saturated heterocycles. The second kappa shape index (κ2) is 32.8. The van der Waals surface area contributed by atoms with Gasteiger partial charge >= 0.3 is 6.18 Å². The number of hydrogen-bond acceptors (Lipinski definition) is 3. The van der Waals surface area contributed by atoms with Crippen LogP contribution in [0.3, 0.4) is 0 Å². The molecule has 1 aliphatic rings. The molecular weight excluding hydrogens is 1460 g/mol. The van der Waals surface area contributed by atoms with E-state index in [2.05, 4.69) is 216 Å². The first-order valence-corrected chi connectivity index (χ1v) is 31.8. The van der Waals surface area contributed by atoms with Crippen molar-refractivity contribution in [1.29, 1.82) is 0 Å². The molecule has 10 aromatic carbocycles. The fourth-order valence-corrected chi connectivity index (χ4v) is 11.3. The van der Waals surface area contributed by atoms with E-state index in [4.69, 9.17) is 23.2 Å². The molecule has 13 heteroatoms. The summed E-state index contributed by atoms with van der Waals surface area (Å²) in [4.78, 5) is 12.0. The number of nitrogens with zero attached hydrogens (tertiary/aromatic N) is 3. The molecule has 0 radical (unpaired) electrons. The van der Waals surface area contributed by atoms with E-state index in [-0.39, 0.29) is 0 Å². The van der Waals surface area contributed by atoms with Gasteiger partial charge in [0.25, 0.3) is 0 Å². The van der Waals surface area contributed by atoms with Gasteiger partial charge in [0.2, 0.25) is 0 Å². The first-order chi connectivity index (χ1) is 42.1. The van der Waals surface area contributed by atoms with E-state index >= 15 is 0 Å². The van der Waals surface area contributed by atoms with Crippen molar-refractivity contribution in [2.45, 2.75) is 18.5 Å². The van der Waals surface area contributed by atoms with Crippen LogP contribution >= 0.6 is 103 Å². The van der Waals surface area contributed by atoms with Crippen LogP contribution in [-0.4, -0.2) is 21.1 Å². The number of fused-ring (bicyclic) bond motifs is 5. The fraction of sp³-hybridized carbons (Fsp3) is 0.0405. The van der Waals surface area contributed by atoms with Crippen LogP contribution in [0.4, 0.5) is 13.2 Å². The number of rotatable bonds is 3. The topological polar surface area (TPSA) is 38.7 Å². The van der Waals surface area contributed by atoms with Gasteiger partial charge in [-0.15, -0.1) is 0 Å². The van der Waals surface area contributed by atoms with Crippen molar-refractivity contribution in [3.05, 3.63) is 348 Å². The molecule has 0 N–H and O–H groups in total. The molecule has 14 rings (SSSR count). The monoisotopic (exact) mass is 1500 g/mol. The Bertz CT molecular complexity index is 4250. The highest BCUT2D eigenvalue weighted by Crippen LogP contribution is 2.56. The number of pyridine rings is 3. The van der Waals surface area contributed by atoms with Gasteiger partial charge in [-0.05, 0) is 163 Å². The van der Waals surface area contributed by atoms with Gasteiger partial charge < -0.3 is 0 Å². The summed E-state index contributed by atoms with van der Waals surface area (Å²) in [6.45, 7) is 1.25. The lowest BCUT2D eigenvalue weighted by atomic mass is 9.79. The lowest BCUT2D eigenvalue weighted by Gasteiger charge is -2.30. The summed E-state index contributed by atoms with van der Waals surface area (Å²) in [6, 6.07) is 95.0. The van der Waals surface area contributed by atoms with Crippen molar-refractivity contribution in [2.75, 3.05) is 0 Å². The van der Waals surface area contributed by atoms with Crippen LogP contribution in [-0.2, 0) is 5.41 Å². The Morgan fingerprint density at radius 2 is 0.885 bits per heavy atom. The summed E-state index contributed by atoms with van der Waals surface area (Å²) in [7, 11) is 0. The fourth-order valence-electron chi connectivity index (χ4n) is 9.12. The minimum absolute atomic E-state index is 0.315. The molecule has 1 aliphatic carbocycles. The lowest BCUT2D eigenvalue weighted by molar-refractivity contribution is -0.172. The van der Waals surface area contributed by atoms with Crippen molar-refractivity contribution in [3.8, 4) is 44.5 Å². The van der Waals surface area contributed by atoms with E-state index in [1.54, 1.807) is 60.9 Å². The van der Waals surface area contributed by atoms with Crippen LogP contribution in [0.25, 0.3) is 66.2 Å². The van der Waals surface area contributed by atoms with Gasteiger partial charge in [0.05, 0.1) is 5.52 Å². The zero-order valence-corrected chi connectivity index (χ0v) is 55.9. The number of alkyl halides is 3. The molecule has 3 heterocycles. The summed E-state index contributed by atoms with van der Waals surface area (Å²) in [6.07, 6.45) is -0.871. The molecule has 1 unspecified atom stereocenters. The van der Waals surface area contributed by atoms with E-state index in [1.165, 1.54) is 40.3 Å². The van der Waals surface area contributed by atoms with Gasteiger partial charge in [-0.25, -0.2) is 15.0 Å². The Morgan fingerprint density at radius 3 is 1.49 bits per heavy atom. The highest BCUT2D eigenvalue weighted by molar-refractivity contribution is 9.11. The van der Waals surface area contributed by atoms with E-state index in [0.717, 1.165) is 39.7 Å². The number of aromatic nitrogens is 3. The van der Waals surface area contributed by atoms with E-state index in [1.807, 2.05) is 121 Å². The van der Waals surface area contributed by atoms with Crippen LogP contribution < -0.4 is 0 Å². The average molecular weight is 1510 g/mol. The van der Waals surface area contributed by atoms with E-state index in [0.29, 0.717) is 37.0 Å². The Labute approximate surface area is 558 Å². The minimum atomic E-state index is -4.32. The zero-order valence-electron chi connectivity index (χ0n) is 46.5. The van der Waals surface area contributed by atoms with Gasteiger partial charge in [-0.3, -0.25) is 0 Å². The molecule has 1 atom stereocenters. The maximum Gasteiger partial charge on any atom is 0.402 e. The second-order valence-electron chi connectivity index (χ2n) is 19.3. The van der Waals surface area contributed by atoms with Gasteiger partial charge in [0, 0.05) is 41.1 Å². The van der Waals surface area contributed by atoms with Crippen molar-refractivity contribution >= 4 is 125 Å². The highest BCUT2D eigenvalue weighted by Gasteiger charge is 2.58. The SMILES string of the molecule is Brc1ccc(-c2ccccc2)cc1.Brc1cccc(-c2ccccc2)c1.Brc1ccccc1-c1ccccc1.Brc1ccccn1.CC1(C(F)(F)F)c2ccccc2-c2ccc(Br)cc21.Clc1ccc2ccccc2n1.Clc1nccc2ccccc12. The molecule has 87 heavy (non-hydrogen) atoms. The molecule has 0 bridgehead atoms. The summed E-state index contributed by atoms with van der Waals surface area (Å²) < 4.78 is 45.8. The third kappa shape index (κ3) is 18.7. The maximum absolute atomic E-state index is 13.6. The molecule has 0 saturated carbocycles. The van der Waals surface area contributed by atoms with E-state index in [9.17, 15) is 13.2 Å². The Kier molecular flexibility index (Phi) is 24.8. The number of halogens is 10. The van der Waals surface area contributed by atoms with E-state index < -0.39 is 11.6 Å². The predicted octanol–water partition coefficient (Wildman–Crippen LogP) is 25.3. The minimum Gasteiger partial charge on any atom is -0.249 e. The van der Waals surface area contributed by atoms with Gasteiger partial charge in [-0.1, -0.05) is 299 Å². The Morgan fingerprint density at radius 1 is 0.368 bits per heavy atom. The van der Waals surface area contributed by atoms with Crippen molar-refractivity contribution in [3.63, 3.8) is 0 Å². The molecule has 0 fully saturated rings. The number of benzene rings is 10. The number of hydrogen-bond donors (Lipinski definition) is 0. The number of para-hydroxylation sites is 1. The zero-order chi connectivity index (χ0) is 61.6. The van der Waals surface area contributed by atoms with Crippen LogP contribution in [0.15, 0.2) is 326 Å².